The number of hydrogen-bond acceptors (Lipinski definition) is 7. The smallest absolute Gasteiger partial charge is 0.316 e. The monoisotopic (exact) mass is 337 g/mol. The molecule has 1 heterocycles. The minimum absolute atomic E-state index is 0.119. The highest BCUT2D eigenvalue weighted by Crippen LogP contribution is 2.31. The molecule has 0 spiro atoms. The van der Waals surface area contributed by atoms with Crippen LogP contribution in [0.5, 0.6) is 0 Å². The molecule has 0 aliphatic rings. The molecule has 0 bridgehead atoms. The number of hydrogen-bond donors (Lipinski definition) is 1. The fourth-order valence-electron chi connectivity index (χ4n) is 1.52. The first kappa shape index (κ1) is 16.4. The molecule has 2 aromatic rings. The van der Waals surface area contributed by atoms with E-state index in [1.807, 2.05) is 31.2 Å². The Kier molecular flexibility index (Phi) is 5.91. The van der Waals surface area contributed by atoms with Crippen LogP contribution in [0.15, 0.2) is 44.3 Å². The molecule has 0 saturated heterocycles. The SMILES string of the molecule is CCOC(=O)CSc1[nH]c(=O)sc1N=Nc1ccc(C)cc1. The minimum Gasteiger partial charge on any atom is -0.465 e. The van der Waals surface area contributed by atoms with Crippen LogP contribution in [0.4, 0.5) is 10.7 Å². The van der Waals surface area contributed by atoms with E-state index in [9.17, 15) is 9.59 Å². The van der Waals surface area contributed by atoms with Crippen LogP contribution < -0.4 is 4.87 Å². The van der Waals surface area contributed by atoms with Gasteiger partial charge in [-0.1, -0.05) is 40.8 Å². The van der Waals surface area contributed by atoms with Crippen LogP contribution in [0.3, 0.4) is 0 Å². The Labute approximate surface area is 135 Å². The van der Waals surface area contributed by atoms with E-state index in [1.54, 1.807) is 6.92 Å². The molecule has 0 amide bonds. The maximum absolute atomic E-state index is 11.5. The second-order valence-electron chi connectivity index (χ2n) is 4.28. The van der Waals surface area contributed by atoms with Gasteiger partial charge in [-0.05, 0) is 26.0 Å². The van der Waals surface area contributed by atoms with Gasteiger partial charge in [0.1, 0.15) is 5.03 Å². The molecule has 6 nitrogen and oxygen atoms in total. The number of esters is 1. The standard InChI is InChI=1S/C14H15N3O3S2/c1-3-20-11(18)8-21-12-13(22-14(19)15-12)17-16-10-6-4-9(2)5-7-10/h4-7H,3,8H2,1-2H3,(H,15,19). The minimum atomic E-state index is -0.332. The van der Waals surface area contributed by atoms with Gasteiger partial charge in [-0.25, -0.2) is 0 Å². The van der Waals surface area contributed by atoms with E-state index in [0.29, 0.717) is 22.3 Å². The lowest BCUT2D eigenvalue weighted by molar-refractivity contribution is -0.139. The maximum Gasteiger partial charge on any atom is 0.316 e. The molecule has 8 heteroatoms. The van der Waals surface area contributed by atoms with Crippen molar-refractivity contribution in [2.24, 2.45) is 10.2 Å². The molecule has 1 aromatic heterocycles. The summed E-state index contributed by atoms with van der Waals surface area (Å²) in [5, 5.41) is 9.18. The van der Waals surface area contributed by atoms with Gasteiger partial charge in [-0.15, -0.1) is 10.2 Å². The number of H-pyrrole nitrogens is 1. The molecule has 0 aliphatic carbocycles. The number of rotatable bonds is 6. The number of thioether (sulfide) groups is 1. The number of aryl methyl sites for hydroxylation is 1. The van der Waals surface area contributed by atoms with Gasteiger partial charge in [-0.3, -0.25) is 9.59 Å². The molecule has 0 atom stereocenters. The van der Waals surface area contributed by atoms with Crippen molar-refractivity contribution in [1.82, 2.24) is 4.98 Å². The Morgan fingerprint density at radius 2 is 2.05 bits per heavy atom. The van der Waals surface area contributed by atoms with Gasteiger partial charge in [0, 0.05) is 0 Å². The first-order chi connectivity index (χ1) is 10.6. The Bertz CT molecular complexity index is 720. The number of nitrogens with zero attached hydrogens (tertiary/aromatic N) is 2. The van der Waals surface area contributed by atoms with Crippen molar-refractivity contribution in [3.05, 3.63) is 39.5 Å². The fraction of sp³-hybridized carbons (Fsp3) is 0.286. The number of thiazole rings is 1. The van der Waals surface area contributed by atoms with Crippen molar-refractivity contribution < 1.29 is 9.53 Å². The van der Waals surface area contributed by atoms with E-state index >= 15 is 0 Å². The van der Waals surface area contributed by atoms with Crippen LogP contribution in [0.25, 0.3) is 0 Å². The summed E-state index contributed by atoms with van der Waals surface area (Å²) in [5.41, 5.74) is 1.84. The maximum atomic E-state index is 11.5. The predicted octanol–water partition coefficient (Wildman–Crippen LogP) is 3.82. The second kappa shape index (κ2) is 7.90. The van der Waals surface area contributed by atoms with Crippen molar-refractivity contribution in [2.45, 2.75) is 18.9 Å². The Morgan fingerprint density at radius 3 is 2.73 bits per heavy atom. The largest absolute Gasteiger partial charge is 0.465 e. The van der Waals surface area contributed by atoms with E-state index < -0.39 is 0 Å². The third kappa shape index (κ3) is 4.81. The summed E-state index contributed by atoms with van der Waals surface area (Å²) in [7, 11) is 0. The molecule has 22 heavy (non-hydrogen) atoms. The third-order valence-electron chi connectivity index (χ3n) is 2.53. The summed E-state index contributed by atoms with van der Waals surface area (Å²) in [5.74, 6) is -0.214. The van der Waals surface area contributed by atoms with Crippen LogP contribution in [-0.2, 0) is 9.53 Å². The topological polar surface area (TPSA) is 83.9 Å². The van der Waals surface area contributed by atoms with Gasteiger partial charge >= 0.3 is 10.8 Å². The van der Waals surface area contributed by atoms with Crippen LogP contribution in [-0.4, -0.2) is 23.3 Å². The van der Waals surface area contributed by atoms with Crippen LogP contribution >= 0.6 is 23.1 Å². The first-order valence-electron chi connectivity index (χ1n) is 6.58. The van der Waals surface area contributed by atoms with Crippen LogP contribution in [0.2, 0.25) is 0 Å². The van der Waals surface area contributed by atoms with E-state index in [2.05, 4.69) is 15.2 Å². The second-order valence-corrected chi connectivity index (χ2v) is 6.23. The molecule has 0 unspecified atom stereocenters. The normalized spacial score (nSPS) is 11.0. The average molecular weight is 337 g/mol. The lowest BCUT2D eigenvalue weighted by Crippen LogP contribution is -2.06. The summed E-state index contributed by atoms with van der Waals surface area (Å²) in [6, 6.07) is 7.56. The van der Waals surface area contributed by atoms with E-state index in [4.69, 9.17) is 4.74 Å². The first-order valence-corrected chi connectivity index (χ1v) is 8.38. The number of carbonyl (C=O) groups is 1. The van der Waals surface area contributed by atoms with Crippen LogP contribution in [0.1, 0.15) is 12.5 Å². The molecular weight excluding hydrogens is 322 g/mol. The van der Waals surface area contributed by atoms with Gasteiger partial charge in [0.25, 0.3) is 0 Å². The average Bonchev–Trinajstić information content (AvgIpc) is 2.85. The van der Waals surface area contributed by atoms with Gasteiger partial charge in [0.05, 0.1) is 18.0 Å². The number of nitrogens with one attached hydrogen (secondary N) is 1. The van der Waals surface area contributed by atoms with Crippen molar-refractivity contribution >= 4 is 39.8 Å². The summed E-state index contributed by atoms with van der Waals surface area (Å²) in [6.45, 7) is 4.07. The summed E-state index contributed by atoms with van der Waals surface area (Å²) in [6.07, 6.45) is 0. The van der Waals surface area contributed by atoms with Crippen molar-refractivity contribution in [3.63, 3.8) is 0 Å². The predicted molar refractivity (Wildman–Crippen MR) is 87.7 cm³/mol. The highest BCUT2D eigenvalue weighted by Gasteiger charge is 2.11. The van der Waals surface area contributed by atoms with Crippen molar-refractivity contribution in [1.29, 1.82) is 0 Å². The summed E-state index contributed by atoms with van der Waals surface area (Å²) >= 11 is 2.14. The van der Waals surface area contributed by atoms with Crippen molar-refractivity contribution in [2.75, 3.05) is 12.4 Å². The molecule has 0 fully saturated rings. The van der Waals surface area contributed by atoms with Crippen molar-refractivity contribution in [3.8, 4) is 0 Å². The van der Waals surface area contributed by atoms with E-state index in [-0.39, 0.29) is 16.6 Å². The number of aromatic nitrogens is 1. The highest BCUT2D eigenvalue weighted by atomic mass is 32.2. The fourth-order valence-corrected chi connectivity index (χ4v) is 3.11. The molecule has 1 aromatic carbocycles. The van der Waals surface area contributed by atoms with Gasteiger partial charge in [0.15, 0.2) is 5.00 Å². The molecule has 0 radical (unpaired) electrons. The van der Waals surface area contributed by atoms with Gasteiger partial charge in [-0.2, -0.15) is 0 Å². The number of carbonyl (C=O) groups excluding carboxylic acids is 1. The molecule has 0 aliphatic heterocycles. The quantitative estimate of drug-likeness (QED) is 0.493. The highest BCUT2D eigenvalue weighted by molar-refractivity contribution is 8.00. The lowest BCUT2D eigenvalue weighted by atomic mass is 10.2. The number of aromatic amines is 1. The zero-order valence-corrected chi connectivity index (χ0v) is 13.8. The molecular formula is C14H15N3O3S2. The summed E-state index contributed by atoms with van der Waals surface area (Å²) < 4.78 is 4.85. The molecule has 2 rings (SSSR count). The zero-order valence-electron chi connectivity index (χ0n) is 12.2. The number of ether oxygens (including phenoxy) is 1. The Morgan fingerprint density at radius 1 is 1.32 bits per heavy atom. The van der Waals surface area contributed by atoms with Gasteiger partial charge in [0.2, 0.25) is 0 Å². The van der Waals surface area contributed by atoms with E-state index in [0.717, 1.165) is 16.9 Å². The van der Waals surface area contributed by atoms with Gasteiger partial charge < -0.3 is 9.72 Å². The van der Waals surface area contributed by atoms with Crippen LogP contribution in [0, 0.1) is 6.92 Å². The van der Waals surface area contributed by atoms with E-state index in [1.165, 1.54) is 11.8 Å². The summed E-state index contributed by atoms with van der Waals surface area (Å²) in [4.78, 5) is 25.2. The Hall–Kier alpha value is -1.93. The molecule has 0 saturated carbocycles. The lowest BCUT2D eigenvalue weighted by Gasteiger charge is -2.00. The molecule has 1 N–H and O–H groups in total. The third-order valence-corrected chi connectivity index (χ3v) is 4.39. The number of azo groups is 1. The number of benzene rings is 1. The Balaban J connectivity index is 2.09. The zero-order chi connectivity index (χ0) is 15.9. The molecule has 116 valence electrons.